The van der Waals surface area contributed by atoms with Crippen molar-refractivity contribution < 1.29 is 12.3 Å². The predicted molar refractivity (Wildman–Crippen MR) is 135 cm³/mol. The molecular formula is C32H24O2. The minimum Gasteiger partial charge on any atom is -0.289 e. The predicted octanol–water partition coefficient (Wildman–Crippen LogP) is 6.96. The molecule has 0 saturated heterocycles. The zero-order chi connectivity index (χ0) is 25.2. The van der Waals surface area contributed by atoms with Gasteiger partial charge in [-0.2, -0.15) is 0 Å². The fourth-order valence-electron chi connectivity index (χ4n) is 5.31. The fraction of sp³-hybridized carbons (Fsp3) is 0.125. The van der Waals surface area contributed by atoms with Crippen LogP contribution >= 0.6 is 0 Å². The topological polar surface area (TPSA) is 34.1 Å². The van der Waals surface area contributed by atoms with Crippen molar-refractivity contribution in [1.29, 1.82) is 0 Å². The van der Waals surface area contributed by atoms with Crippen LogP contribution in [0.4, 0.5) is 0 Å². The lowest BCUT2D eigenvalue weighted by atomic mass is 9.79. The maximum atomic E-state index is 14.2. The number of Topliss-reactive ketones (excluding diaryl/α,β-unsaturated/α-hetero) is 2. The zero-order valence-electron chi connectivity index (χ0n) is 21.1. The average molecular weight is 443 g/mol. The molecule has 0 aromatic heterocycles. The number of aryl methyl sites for hydroxylation is 2. The second-order valence-electron chi connectivity index (χ2n) is 8.88. The molecular weight excluding hydrogens is 416 g/mol. The normalized spacial score (nSPS) is 26.2. The van der Waals surface area contributed by atoms with Crippen LogP contribution in [0.1, 0.15) is 68.6 Å². The highest BCUT2D eigenvalue weighted by molar-refractivity contribution is 6.24. The third-order valence-electron chi connectivity index (χ3n) is 6.91. The molecule has 4 aromatic rings. The highest BCUT2D eigenvalue weighted by Crippen LogP contribution is 2.51. The van der Waals surface area contributed by atoms with Crippen LogP contribution in [0.5, 0.6) is 0 Å². The largest absolute Gasteiger partial charge is 0.289 e. The van der Waals surface area contributed by atoms with E-state index in [4.69, 9.17) is 0 Å². The number of carbonyl (C=O) groups excluding carboxylic acids is 2. The highest BCUT2D eigenvalue weighted by atomic mass is 16.1. The summed E-state index contributed by atoms with van der Waals surface area (Å²) < 4.78 is 19.9. The van der Waals surface area contributed by atoms with Gasteiger partial charge in [-0.15, -0.1) is 0 Å². The Labute approximate surface area is 202 Å². The third kappa shape index (κ3) is 2.88. The molecule has 0 spiro atoms. The molecule has 0 aliphatic heterocycles. The Morgan fingerprint density at radius 3 is 1.21 bits per heavy atom. The van der Waals surface area contributed by atoms with Gasteiger partial charge in [0, 0.05) is 36.8 Å². The fourth-order valence-corrected chi connectivity index (χ4v) is 5.31. The van der Waals surface area contributed by atoms with E-state index in [1.807, 2.05) is 74.5 Å². The number of benzene rings is 4. The molecule has 34 heavy (non-hydrogen) atoms. The van der Waals surface area contributed by atoms with Crippen molar-refractivity contribution >= 4 is 11.6 Å². The Kier molecular flexibility index (Phi) is 4.21. The van der Waals surface area contributed by atoms with Gasteiger partial charge in [-0.25, -0.2) is 0 Å². The quantitative estimate of drug-likeness (QED) is 0.315. The molecule has 0 N–H and O–H groups in total. The van der Waals surface area contributed by atoms with Crippen molar-refractivity contribution in [3.8, 4) is 0 Å². The van der Waals surface area contributed by atoms with Gasteiger partial charge in [0.1, 0.15) is 0 Å². The van der Waals surface area contributed by atoms with Crippen molar-refractivity contribution in [3.63, 3.8) is 0 Å². The van der Waals surface area contributed by atoms with Gasteiger partial charge in [-0.05, 0) is 47.2 Å². The monoisotopic (exact) mass is 442 g/mol. The van der Waals surface area contributed by atoms with Gasteiger partial charge in [0.2, 0.25) is 0 Å². The zero-order valence-corrected chi connectivity index (χ0v) is 19.1. The van der Waals surface area contributed by atoms with Gasteiger partial charge in [-0.3, -0.25) is 9.59 Å². The van der Waals surface area contributed by atoms with E-state index in [2.05, 4.69) is 0 Å². The minimum atomic E-state index is -1.62. The highest BCUT2D eigenvalue weighted by Gasteiger charge is 2.45. The summed E-state index contributed by atoms with van der Waals surface area (Å²) in [6.45, 7) is 3.83. The van der Waals surface area contributed by atoms with Crippen LogP contribution in [-0.4, -0.2) is 11.6 Å². The van der Waals surface area contributed by atoms with Crippen LogP contribution in [0.3, 0.4) is 0 Å². The number of hydrogen-bond acceptors (Lipinski definition) is 2. The van der Waals surface area contributed by atoms with Crippen LogP contribution in [0.15, 0.2) is 108 Å². The SMILES string of the molecule is [2H][C@]1(c2ccccc2C)/C(=C2\C(=O)c3ccccc3[C@@]2([2H])c2ccccc2C)C(=O)c2ccccc21. The average Bonchev–Trinajstić information content (AvgIpc) is 3.25. The Morgan fingerprint density at radius 1 is 0.500 bits per heavy atom. The Morgan fingerprint density at radius 2 is 0.824 bits per heavy atom. The third-order valence-corrected chi connectivity index (χ3v) is 6.91. The first kappa shape index (κ1) is 18.4. The molecule has 0 unspecified atom stereocenters. The summed E-state index contributed by atoms with van der Waals surface area (Å²) >= 11 is 0. The smallest absolute Gasteiger partial charge is 0.190 e. The van der Waals surface area contributed by atoms with E-state index in [-0.39, 0.29) is 22.7 Å². The van der Waals surface area contributed by atoms with E-state index in [0.29, 0.717) is 33.4 Å². The molecule has 2 nitrogen and oxygen atoms in total. The molecule has 6 rings (SSSR count). The Balaban J connectivity index is 1.80. The van der Waals surface area contributed by atoms with E-state index in [1.165, 1.54) is 0 Å². The summed E-state index contributed by atoms with van der Waals surface area (Å²) in [4.78, 5) is 28.3. The second kappa shape index (κ2) is 7.78. The van der Waals surface area contributed by atoms with Gasteiger partial charge < -0.3 is 0 Å². The van der Waals surface area contributed by atoms with E-state index in [0.717, 1.165) is 11.1 Å². The number of ketones is 2. The molecule has 4 aromatic carbocycles. The molecule has 0 heterocycles. The molecule has 0 fully saturated rings. The molecule has 2 atom stereocenters. The molecule has 0 saturated carbocycles. The minimum absolute atomic E-state index is 0.0810. The van der Waals surface area contributed by atoms with Gasteiger partial charge in [0.15, 0.2) is 11.6 Å². The molecule has 0 radical (unpaired) electrons. The van der Waals surface area contributed by atoms with Crippen molar-refractivity contribution in [2.24, 2.45) is 0 Å². The number of carbonyl (C=O) groups is 2. The van der Waals surface area contributed by atoms with Gasteiger partial charge >= 0.3 is 0 Å². The van der Waals surface area contributed by atoms with Crippen LogP contribution in [0.25, 0.3) is 0 Å². The first-order chi connectivity index (χ1) is 17.3. The van der Waals surface area contributed by atoms with Crippen LogP contribution in [0, 0.1) is 13.8 Å². The van der Waals surface area contributed by atoms with Crippen molar-refractivity contribution in [2.75, 3.05) is 0 Å². The van der Waals surface area contributed by atoms with E-state index >= 15 is 0 Å². The number of hydrogen-bond donors (Lipinski definition) is 0. The summed E-state index contributed by atoms with van der Waals surface area (Å²) in [7, 11) is 0. The number of allylic oxidation sites excluding steroid dienone is 2. The lowest BCUT2D eigenvalue weighted by Gasteiger charge is -2.22. The Hall–Kier alpha value is -4.04. The first-order valence-corrected chi connectivity index (χ1v) is 11.5. The van der Waals surface area contributed by atoms with Gasteiger partial charge in [-0.1, -0.05) is 97.1 Å². The number of fused-ring (bicyclic) bond motifs is 2. The molecule has 2 aliphatic rings. The molecule has 0 bridgehead atoms. The van der Waals surface area contributed by atoms with Gasteiger partial charge in [0.05, 0.1) is 0 Å². The van der Waals surface area contributed by atoms with Crippen molar-refractivity contribution in [2.45, 2.75) is 25.6 Å². The summed E-state index contributed by atoms with van der Waals surface area (Å²) in [5, 5.41) is 0. The van der Waals surface area contributed by atoms with Crippen LogP contribution in [-0.2, 0) is 0 Å². The van der Waals surface area contributed by atoms with Gasteiger partial charge in [0.25, 0.3) is 0 Å². The summed E-state index contributed by atoms with van der Waals surface area (Å²) in [6, 6.07) is 29.3. The summed E-state index contributed by atoms with van der Waals surface area (Å²) in [5.74, 6) is -3.96. The maximum absolute atomic E-state index is 14.2. The lowest BCUT2D eigenvalue weighted by Crippen LogP contribution is -2.14. The second-order valence-corrected chi connectivity index (χ2v) is 8.88. The van der Waals surface area contributed by atoms with E-state index in [1.54, 1.807) is 36.4 Å². The van der Waals surface area contributed by atoms with Crippen LogP contribution in [0.2, 0.25) is 0 Å². The van der Waals surface area contributed by atoms with Crippen molar-refractivity contribution in [3.05, 3.63) is 153 Å². The van der Waals surface area contributed by atoms with Crippen molar-refractivity contribution in [1.82, 2.24) is 0 Å². The molecule has 164 valence electrons. The lowest BCUT2D eigenvalue weighted by molar-refractivity contribution is 0.100. The summed E-state index contributed by atoms with van der Waals surface area (Å²) in [5.41, 5.74) is 5.06. The maximum Gasteiger partial charge on any atom is 0.190 e. The van der Waals surface area contributed by atoms with E-state index < -0.39 is 11.8 Å². The molecule has 2 aliphatic carbocycles. The molecule has 2 heteroatoms. The van der Waals surface area contributed by atoms with Crippen LogP contribution < -0.4 is 0 Å². The number of rotatable bonds is 2. The first-order valence-electron chi connectivity index (χ1n) is 12.5. The van der Waals surface area contributed by atoms with E-state index in [9.17, 15) is 12.3 Å². The summed E-state index contributed by atoms with van der Waals surface area (Å²) in [6.07, 6.45) is 0. The Bertz CT molecular complexity index is 1510. The molecule has 0 amide bonds. The standard InChI is InChI=1S/C32H24O2/c1-19-11-3-5-13-21(19)27-23-15-7-9-17-25(23)31(33)29(27)30-28(22-14-6-4-12-20(22)2)24-16-8-10-18-26(24)32(30)34/h3-18,27-28H,1-2H3/b30-29+/t27-,28-/m1/s1/i27D,28D.